The van der Waals surface area contributed by atoms with E-state index in [4.69, 9.17) is 0 Å². The van der Waals surface area contributed by atoms with Crippen molar-refractivity contribution in [2.45, 2.75) is 6.42 Å². The van der Waals surface area contributed by atoms with Gasteiger partial charge in [-0.05, 0) is 0 Å². The third kappa shape index (κ3) is 3.08. The van der Waals surface area contributed by atoms with Gasteiger partial charge in [-0.1, -0.05) is 0 Å². The topological polar surface area (TPSA) is 47.1 Å². The Hall–Kier alpha value is -0.221. The van der Waals surface area contributed by atoms with Gasteiger partial charge in [0.1, 0.15) is 0 Å². The van der Waals surface area contributed by atoms with Crippen LogP contribution in [0.5, 0.6) is 0 Å². The van der Waals surface area contributed by atoms with E-state index >= 15 is 0 Å². The van der Waals surface area contributed by atoms with Crippen molar-refractivity contribution in [1.82, 2.24) is 0 Å². The average molecular weight is 243 g/mol. The molecule has 0 fully saturated rings. The molecule has 1 N–H and O–H groups in total. The van der Waals surface area contributed by atoms with Crippen molar-refractivity contribution in [2.75, 3.05) is 0 Å². The van der Waals surface area contributed by atoms with Gasteiger partial charge in [0.15, 0.2) is 0 Å². The van der Waals surface area contributed by atoms with Crippen LogP contribution in [0.15, 0.2) is 34.0 Å². The van der Waals surface area contributed by atoms with Crippen LogP contribution in [-0.2, 0) is 3.08 Å². The fourth-order valence-electron chi connectivity index (χ4n) is 0.653. The van der Waals surface area contributed by atoms with Gasteiger partial charge in [-0.2, -0.15) is 0 Å². The first-order valence-electron chi connectivity index (χ1n) is 2.84. The molecule has 0 radical (unpaired) electrons. The van der Waals surface area contributed by atoms with Gasteiger partial charge in [0, 0.05) is 0 Å². The first kappa shape index (κ1) is 9.78. The summed E-state index contributed by atoms with van der Waals surface area (Å²) in [6, 6.07) is 0. The molecule has 0 aromatic rings. The Kier molecular flexibility index (Phi) is 5.43. The van der Waals surface area contributed by atoms with Crippen LogP contribution in [-0.4, -0.2) is 26.6 Å². The van der Waals surface area contributed by atoms with Crippen molar-refractivity contribution < 1.29 is 8.55 Å². The SMILES string of the molecule is [OH-].[O]=[Sn+][C]1=CC=CC=CC1. The Morgan fingerprint density at radius 1 is 1.30 bits per heavy atom. The molecule has 0 aliphatic heterocycles. The van der Waals surface area contributed by atoms with Crippen molar-refractivity contribution >= 4 is 21.1 Å². The number of hydrogen-bond acceptors (Lipinski definition) is 2. The summed E-state index contributed by atoms with van der Waals surface area (Å²) in [5.74, 6) is 0. The number of rotatable bonds is 1. The van der Waals surface area contributed by atoms with Crippen LogP contribution in [0.2, 0.25) is 0 Å². The number of allylic oxidation sites excluding steroid dienone is 6. The molecule has 0 saturated heterocycles. The van der Waals surface area contributed by atoms with Crippen LogP contribution in [0.3, 0.4) is 0 Å². The summed E-state index contributed by atoms with van der Waals surface area (Å²) >= 11 is -1.39. The summed E-state index contributed by atoms with van der Waals surface area (Å²) in [5.41, 5.74) is 0. The quantitative estimate of drug-likeness (QED) is 0.650. The predicted molar refractivity (Wildman–Crippen MR) is 39.4 cm³/mol. The summed E-state index contributed by atoms with van der Waals surface area (Å²) in [6.07, 6.45) is 10.8. The van der Waals surface area contributed by atoms with E-state index in [1.165, 1.54) is 0 Å². The normalized spacial score (nSPS) is 14.6. The molecular weight excluding hydrogens is 235 g/mol. The van der Waals surface area contributed by atoms with Crippen LogP contribution in [0.4, 0.5) is 0 Å². The Bertz CT molecular complexity index is 192. The van der Waals surface area contributed by atoms with E-state index in [0.29, 0.717) is 0 Å². The van der Waals surface area contributed by atoms with Gasteiger partial charge in [0.25, 0.3) is 0 Å². The van der Waals surface area contributed by atoms with Gasteiger partial charge in [-0.25, -0.2) is 0 Å². The zero-order valence-corrected chi connectivity index (χ0v) is 8.30. The third-order valence-electron chi connectivity index (χ3n) is 1.12. The molecule has 0 heterocycles. The molecule has 1 aliphatic carbocycles. The van der Waals surface area contributed by atoms with Crippen LogP contribution in [0.25, 0.3) is 0 Å². The molecule has 0 unspecified atom stereocenters. The maximum absolute atomic E-state index is 10.5. The Morgan fingerprint density at radius 3 is 2.80 bits per heavy atom. The fraction of sp³-hybridized carbons (Fsp3) is 0.143. The molecule has 0 saturated carbocycles. The van der Waals surface area contributed by atoms with Crippen molar-refractivity contribution in [3.05, 3.63) is 34.0 Å². The first-order valence-corrected chi connectivity index (χ1v) is 5.43. The molecule has 52 valence electrons. The minimum atomic E-state index is -1.39. The van der Waals surface area contributed by atoms with Gasteiger partial charge in [0.05, 0.1) is 0 Å². The molecular formula is C7H8O2Sn. The van der Waals surface area contributed by atoms with Gasteiger partial charge in [-0.15, -0.1) is 0 Å². The molecule has 0 aromatic heterocycles. The summed E-state index contributed by atoms with van der Waals surface area (Å²) in [4.78, 5) is 0. The van der Waals surface area contributed by atoms with Gasteiger partial charge >= 0.3 is 64.6 Å². The molecule has 2 nitrogen and oxygen atoms in total. The van der Waals surface area contributed by atoms with E-state index < -0.39 is 21.1 Å². The average Bonchev–Trinajstić information content (AvgIpc) is 2.13. The van der Waals surface area contributed by atoms with E-state index in [9.17, 15) is 3.08 Å². The molecule has 10 heavy (non-hydrogen) atoms. The Morgan fingerprint density at radius 2 is 2.10 bits per heavy atom. The molecule has 1 rings (SSSR count). The maximum atomic E-state index is 10.5. The summed E-state index contributed by atoms with van der Waals surface area (Å²) in [5, 5.41) is 0. The van der Waals surface area contributed by atoms with Crippen LogP contribution in [0.1, 0.15) is 6.42 Å². The third-order valence-corrected chi connectivity index (χ3v) is 2.93. The second-order valence-electron chi connectivity index (χ2n) is 1.81. The van der Waals surface area contributed by atoms with E-state index in [-0.39, 0.29) is 5.48 Å². The second kappa shape index (κ2) is 5.55. The molecule has 0 spiro atoms. The van der Waals surface area contributed by atoms with E-state index in [1.54, 1.807) is 0 Å². The van der Waals surface area contributed by atoms with Crippen molar-refractivity contribution in [2.24, 2.45) is 0 Å². The van der Waals surface area contributed by atoms with Crippen molar-refractivity contribution in [1.29, 1.82) is 0 Å². The number of hydrogen-bond donors (Lipinski definition) is 0. The summed E-state index contributed by atoms with van der Waals surface area (Å²) in [6.45, 7) is 0. The Labute approximate surface area is 70.2 Å². The Balaban J connectivity index is 0.000000810. The molecule has 3 heteroatoms. The van der Waals surface area contributed by atoms with Gasteiger partial charge in [0.2, 0.25) is 0 Å². The second-order valence-corrected chi connectivity index (χ2v) is 4.23. The van der Waals surface area contributed by atoms with Crippen molar-refractivity contribution in [3.63, 3.8) is 0 Å². The summed E-state index contributed by atoms with van der Waals surface area (Å²) < 4.78 is 11.6. The molecule has 0 atom stereocenters. The zero-order valence-electron chi connectivity index (χ0n) is 5.45. The zero-order chi connectivity index (χ0) is 6.53. The van der Waals surface area contributed by atoms with Crippen LogP contribution in [0, 0.1) is 0 Å². The van der Waals surface area contributed by atoms with Crippen molar-refractivity contribution in [3.8, 4) is 0 Å². The molecule has 0 aromatic carbocycles. The summed E-state index contributed by atoms with van der Waals surface area (Å²) in [7, 11) is 0. The van der Waals surface area contributed by atoms with Crippen LogP contribution >= 0.6 is 0 Å². The van der Waals surface area contributed by atoms with E-state index in [2.05, 4.69) is 0 Å². The molecule has 0 bridgehead atoms. The standard InChI is InChI=1S/C7H7.H2O.O.Sn/c1-2-4-6-7-5-3-1;;;/h1-5H,6H2;1H2;;/q;;;+1/p-1. The molecule has 0 amide bonds. The monoisotopic (exact) mass is 244 g/mol. The fourth-order valence-corrected chi connectivity index (χ4v) is 1.70. The van der Waals surface area contributed by atoms with Crippen LogP contribution < -0.4 is 0 Å². The molecule has 1 aliphatic rings. The minimum absolute atomic E-state index is 0. The van der Waals surface area contributed by atoms with Gasteiger partial charge < -0.3 is 5.48 Å². The first-order chi connectivity index (χ1) is 4.43. The van der Waals surface area contributed by atoms with E-state index in [1.807, 2.05) is 30.4 Å². The van der Waals surface area contributed by atoms with E-state index in [0.717, 1.165) is 10.0 Å². The predicted octanol–water partition coefficient (Wildman–Crippen LogP) is 1.26. The van der Waals surface area contributed by atoms with Gasteiger partial charge in [-0.3, -0.25) is 0 Å².